The van der Waals surface area contributed by atoms with Crippen molar-refractivity contribution in [1.82, 2.24) is 9.78 Å². The number of hydrogen-bond acceptors (Lipinski definition) is 2. The van der Waals surface area contributed by atoms with E-state index in [1.165, 1.54) is 11.3 Å². The van der Waals surface area contributed by atoms with Crippen molar-refractivity contribution in [1.29, 1.82) is 0 Å². The molecule has 2 nitrogen and oxygen atoms in total. The summed E-state index contributed by atoms with van der Waals surface area (Å²) in [6.07, 6.45) is -0.246. The van der Waals surface area contributed by atoms with Crippen LogP contribution in [0.3, 0.4) is 0 Å². The summed E-state index contributed by atoms with van der Waals surface area (Å²) < 4.78 is 39.9. The zero-order chi connectivity index (χ0) is 14.8. The number of nitrogens with zero attached hydrogens (tertiary/aromatic N) is 2. The summed E-state index contributed by atoms with van der Waals surface area (Å²) in [4.78, 5) is 0. The molecule has 0 radical (unpaired) electrons. The van der Waals surface area contributed by atoms with E-state index in [4.69, 9.17) is 0 Å². The van der Waals surface area contributed by atoms with Gasteiger partial charge in [-0.3, -0.25) is 4.68 Å². The van der Waals surface area contributed by atoms with Crippen LogP contribution in [0.1, 0.15) is 51.1 Å². The maximum absolute atomic E-state index is 12.6. The fourth-order valence-electron chi connectivity index (χ4n) is 2.60. The topological polar surface area (TPSA) is 17.8 Å². The van der Waals surface area contributed by atoms with Crippen molar-refractivity contribution < 1.29 is 13.2 Å². The van der Waals surface area contributed by atoms with E-state index in [1.807, 2.05) is 5.38 Å². The zero-order valence-corrected chi connectivity index (χ0v) is 12.5. The molecule has 112 valence electrons. The van der Waals surface area contributed by atoms with Gasteiger partial charge in [0.25, 0.3) is 0 Å². The number of alkyl halides is 3. The third-order valence-electron chi connectivity index (χ3n) is 3.37. The maximum Gasteiger partial charge on any atom is 0.408 e. The lowest BCUT2D eigenvalue weighted by atomic mass is 9.95. The largest absolute Gasteiger partial charge is 0.408 e. The first-order valence-electron chi connectivity index (χ1n) is 6.97. The van der Waals surface area contributed by atoms with Crippen LogP contribution in [0.15, 0.2) is 11.4 Å². The van der Waals surface area contributed by atoms with Gasteiger partial charge in [0.15, 0.2) is 0 Å². The molecule has 0 bridgehead atoms. The first-order valence-corrected chi connectivity index (χ1v) is 7.84. The summed E-state index contributed by atoms with van der Waals surface area (Å²) in [5.74, 6) is 0.264. The van der Waals surface area contributed by atoms with Crippen LogP contribution in [0, 0.1) is 0 Å². The van der Waals surface area contributed by atoms with Crippen LogP contribution < -0.4 is 0 Å². The molecule has 0 amide bonds. The summed E-state index contributed by atoms with van der Waals surface area (Å²) >= 11 is 1.49. The molecule has 0 aliphatic carbocycles. The third-order valence-corrected chi connectivity index (χ3v) is 4.30. The molecular weight excluding hydrogens is 285 g/mol. The smallest absolute Gasteiger partial charge is 0.255 e. The van der Waals surface area contributed by atoms with Gasteiger partial charge in [0, 0.05) is 5.92 Å². The molecule has 0 aromatic carbocycles. The number of fused-ring (bicyclic) bond motifs is 1. The van der Waals surface area contributed by atoms with Gasteiger partial charge in [0.2, 0.25) is 0 Å². The van der Waals surface area contributed by atoms with Crippen LogP contribution in [0.4, 0.5) is 13.2 Å². The van der Waals surface area contributed by atoms with Gasteiger partial charge >= 0.3 is 6.18 Å². The van der Waals surface area contributed by atoms with Crippen molar-refractivity contribution in [3.63, 3.8) is 0 Å². The molecule has 0 unspecified atom stereocenters. The highest BCUT2D eigenvalue weighted by Crippen LogP contribution is 2.35. The minimum Gasteiger partial charge on any atom is -0.255 e. The fraction of sp³-hybridized carbons (Fsp3) is 0.643. The number of halogens is 3. The lowest BCUT2D eigenvalue weighted by Gasteiger charge is -2.12. The van der Waals surface area contributed by atoms with E-state index in [1.54, 1.807) is 6.07 Å². The van der Waals surface area contributed by atoms with Crippen molar-refractivity contribution in [2.45, 2.75) is 58.2 Å². The summed E-state index contributed by atoms with van der Waals surface area (Å²) in [7, 11) is 0. The van der Waals surface area contributed by atoms with Crippen LogP contribution >= 0.6 is 11.3 Å². The van der Waals surface area contributed by atoms with Gasteiger partial charge in [-0.05, 0) is 24.3 Å². The monoisotopic (exact) mass is 304 g/mol. The van der Waals surface area contributed by atoms with Gasteiger partial charge in [-0.2, -0.15) is 18.3 Å². The van der Waals surface area contributed by atoms with Gasteiger partial charge in [0.05, 0.1) is 15.9 Å². The average molecular weight is 304 g/mol. The van der Waals surface area contributed by atoms with E-state index in [0.29, 0.717) is 5.52 Å². The van der Waals surface area contributed by atoms with Crippen molar-refractivity contribution in [3.8, 4) is 0 Å². The van der Waals surface area contributed by atoms with Crippen LogP contribution in [-0.2, 0) is 6.54 Å². The number of aromatic nitrogens is 2. The molecule has 2 heterocycles. The summed E-state index contributed by atoms with van der Waals surface area (Å²) in [5, 5.41) is 6.12. The van der Waals surface area contributed by atoms with Crippen molar-refractivity contribution in [3.05, 3.63) is 17.1 Å². The first-order chi connectivity index (χ1) is 9.46. The van der Waals surface area contributed by atoms with Gasteiger partial charge in [0.1, 0.15) is 6.54 Å². The van der Waals surface area contributed by atoms with E-state index >= 15 is 0 Å². The Balaban J connectivity index is 2.40. The number of rotatable bonds is 6. The predicted molar refractivity (Wildman–Crippen MR) is 76.2 cm³/mol. The normalized spacial score (nSPS) is 12.7. The third kappa shape index (κ3) is 3.34. The molecule has 2 aromatic rings. The van der Waals surface area contributed by atoms with Crippen molar-refractivity contribution in [2.75, 3.05) is 0 Å². The van der Waals surface area contributed by atoms with Crippen LogP contribution in [0.2, 0.25) is 0 Å². The van der Waals surface area contributed by atoms with E-state index in [0.717, 1.165) is 40.8 Å². The number of thiophene rings is 1. The second kappa shape index (κ2) is 6.16. The molecule has 0 atom stereocenters. The molecule has 0 N–H and O–H groups in total. The molecule has 2 rings (SSSR count). The van der Waals surface area contributed by atoms with E-state index in [9.17, 15) is 13.2 Å². The van der Waals surface area contributed by atoms with Gasteiger partial charge < -0.3 is 0 Å². The Bertz CT molecular complexity index is 550. The Labute approximate surface area is 120 Å². The van der Waals surface area contributed by atoms with Crippen LogP contribution in [0.25, 0.3) is 10.2 Å². The quantitative estimate of drug-likeness (QED) is 0.704. The molecule has 0 saturated heterocycles. The van der Waals surface area contributed by atoms with E-state index < -0.39 is 12.7 Å². The molecule has 0 fully saturated rings. The van der Waals surface area contributed by atoms with Crippen LogP contribution in [-0.4, -0.2) is 16.0 Å². The summed E-state index contributed by atoms with van der Waals surface area (Å²) in [6.45, 7) is 3.19. The van der Waals surface area contributed by atoms with Crippen molar-refractivity contribution in [2.24, 2.45) is 0 Å². The molecule has 6 heteroatoms. The van der Waals surface area contributed by atoms with Crippen molar-refractivity contribution >= 4 is 21.6 Å². The Morgan fingerprint density at radius 1 is 1.25 bits per heavy atom. The van der Waals surface area contributed by atoms with Crippen LogP contribution in [0.5, 0.6) is 0 Å². The molecule has 0 saturated carbocycles. The van der Waals surface area contributed by atoms with Gasteiger partial charge in [-0.25, -0.2) is 0 Å². The first kappa shape index (κ1) is 15.4. The molecule has 0 aliphatic heterocycles. The van der Waals surface area contributed by atoms with E-state index in [-0.39, 0.29) is 5.92 Å². The predicted octanol–water partition coefficient (Wildman–Crippen LogP) is 5.34. The average Bonchev–Trinajstić information content (AvgIpc) is 2.91. The Hall–Kier alpha value is -1.04. The SMILES string of the molecule is CCCC(CCC)c1nn(CC(F)(F)F)c2ccsc12. The fourth-order valence-corrected chi connectivity index (χ4v) is 3.55. The highest BCUT2D eigenvalue weighted by atomic mass is 32.1. The minimum absolute atomic E-state index is 0.264. The standard InChI is InChI=1S/C14H19F3N2S/c1-3-5-10(6-4-2)12-13-11(7-8-20-13)19(18-12)9-14(15,16)17/h7-8,10H,3-6,9H2,1-2H3. The Morgan fingerprint density at radius 2 is 1.90 bits per heavy atom. The Morgan fingerprint density at radius 3 is 2.45 bits per heavy atom. The summed E-state index contributed by atoms with van der Waals surface area (Å²) in [6, 6.07) is 1.73. The zero-order valence-electron chi connectivity index (χ0n) is 11.7. The molecule has 2 aromatic heterocycles. The minimum atomic E-state index is -4.23. The maximum atomic E-state index is 12.6. The Kier molecular flexibility index (Phi) is 4.73. The second-order valence-electron chi connectivity index (χ2n) is 5.07. The molecular formula is C14H19F3N2S. The van der Waals surface area contributed by atoms with E-state index in [2.05, 4.69) is 18.9 Å². The lowest BCUT2D eigenvalue weighted by Crippen LogP contribution is -2.18. The highest BCUT2D eigenvalue weighted by Gasteiger charge is 2.30. The second-order valence-corrected chi connectivity index (χ2v) is 5.98. The van der Waals surface area contributed by atoms with Gasteiger partial charge in [-0.15, -0.1) is 11.3 Å². The summed E-state index contributed by atoms with van der Waals surface area (Å²) in [5.41, 5.74) is 1.46. The number of hydrogen-bond donors (Lipinski definition) is 0. The molecule has 20 heavy (non-hydrogen) atoms. The highest BCUT2D eigenvalue weighted by molar-refractivity contribution is 7.17. The van der Waals surface area contributed by atoms with Gasteiger partial charge in [-0.1, -0.05) is 26.7 Å². The molecule has 0 spiro atoms. The lowest BCUT2D eigenvalue weighted by molar-refractivity contribution is -0.141. The molecule has 0 aliphatic rings.